The molecule has 18 heavy (non-hydrogen) atoms. The van der Waals surface area contributed by atoms with Crippen molar-refractivity contribution in [2.24, 2.45) is 0 Å². The molecule has 0 aliphatic rings. The van der Waals surface area contributed by atoms with Crippen LogP contribution in [0.2, 0.25) is 0 Å². The van der Waals surface area contributed by atoms with Crippen LogP contribution in [0.3, 0.4) is 0 Å². The first kappa shape index (κ1) is 10.6. The van der Waals surface area contributed by atoms with Crippen molar-refractivity contribution in [1.29, 1.82) is 0 Å². The van der Waals surface area contributed by atoms with Crippen molar-refractivity contribution in [2.45, 2.75) is 0 Å². The zero-order valence-electron chi connectivity index (χ0n) is 9.63. The van der Waals surface area contributed by atoms with Gasteiger partial charge in [-0.3, -0.25) is 0 Å². The van der Waals surface area contributed by atoms with Gasteiger partial charge in [-0.15, -0.1) is 0 Å². The Morgan fingerprint density at radius 3 is 2.61 bits per heavy atom. The average molecular weight is 237 g/mol. The zero-order chi connectivity index (χ0) is 12.5. The molecule has 0 saturated heterocycles. The number of fused-ring (bicyclic) bond motifs is 1. The molecule has 1 N–H and O–H groups in total. The summed E-state index contributed by atoms with van der Waals surface area (Å²) in [5.41, 5.74) is 3.29. The standard InChI is InChI=1S/C15H11NO2/c1-2-10-4-3-5-13-14(10)18-15(16-13)11-6-8-12(17)9-7-11/h2-9,17H,1H2. The van der Waals surface area contributed by atoms with Gasteiger partial charge in [-0.25, -0.2) is 4.98 Å². The predicted molar refractivity (Wildman–Crippen MR) is 71.2 cm³/mol. The third-order valence-electron chi connectivity index (χ3n) is 2.78. The Morgan fingerprint density at radius 1 is 1.11 bits per heavy atom. The fourth-order valence-corrected chi connectivity index (χ4v) is 1.86. The summed E-state index contributed by atoms with van der Waals surface area (Å²) < 4.78 is 5.75. The molecule has 0 saturated carbocycles. The topological polar surface area (TPSA) is 46.3 Å². The van der Waals surface area contributed by atoms with Crippen molar-refractivity contribution in [3.05, 3.63) is 54.6 Å². The monoisotopic (exact) mass is 237 g/mol. The van der Waals surface area contributed by atoms with Crippen molar-refractivity contribution in [1.82, 2.24) is 4.98 Å². The Balaban J connectivity index is 2.19. The number of phenolic OH excluding ortho intramolecular Hbond substituents is 1. The first-order valence-electron chi connectivity index (χ1n) is 5.59. The SMILES string of the molecule is C=Cc1cccc2nc(-c3ccc(O)cc3)oc12. The summed E-state index contributed by atoms with van der Waals surface area (Å²) in [7, 11) is 0. The lowest BCUT2D eigenvalue weighted by Crippen LogP contribution is -1.75. The highest BCUT2D eigenvalue weighted by atomic mass is 16.3. The summed E-state index contributed by atoms with van der Waals surface area (Å²) in [5, 5.41) is 9.26. The number of hydrogen-bond donors (Lipinski definition) is 1. The van der Waals surface area contributed by atoms with Crippen molar-refractivity contribution < 1.29 is 9.52 Å². The number of hydrogen-bond acceptors (Lipinski definition) is 3. The molecule has 0 atom stereocenters. The van der Waals surface area contributed by atoms with Crippen LogP contribution in [0.25, 0.3) is 28.6 Å². The second-order valence-electron chi connectivity index (χ2n) is 3.97. The molecule has 0 fully saturated rings. The van der Waals surface area contributed by atoms with Gasteiger partial charge in [0.1, 0.15) is 11.3 Å². The van der Waals surface area contributed by atoms with Gasteiger partial charge in [0.15, 0.2) is 5.58 Å². The van der Waals surface area contributed by atoms with Crippen LogP contribution in [0, 0.1) is 0 Å². The Bertz CT molecular complexity index is 711. The third kappa shape index (κ3) is 1.66. The van der Waals surface area contributed by atoms with Crippen LogP contribution in [-0.4, -0.2) is 10.1 Å². The highest BCUT2D eigenvalue weighted by molar-refractivity contribution is 5.84. The van der Waals surface area contributed by atoms with Crippen molar-refractivity contribution in [2.75, 3.05) is 0 Å². The molecule has 0 radical (unpaired) electrons. The minimum Gasteiger partial charge on any atom is -0.508 e. The number of para-hydroxylation sites is 1. The molecule has 0 aliphatic heterocycles. The lowest BCUT2D eigenvalue weighted by atomic mass is 10.2. The van der Waals surface area contributed by atoms with E-state index >= 15 is 0 Å². The van der Waals surface area contributed by atoms with E-state index in [1.54, 1.807) is 30.3 Å². The lowest BCUT2D eigenvalue weighted by Gasteiger charge is -1.95. The van der Waals surface area contributed by atoms with Gasteiger partial charge < -0.3 is 9.52 Å². The number of aromatic nitrogens is 1. The Hall–Kier alpha value is -2.55. The fourth-order valence-electron chi connectivity index (χ4n) is 1.86. The van der Waals surface area contributed by atoms with Gasteiger partial charge in [-0.1, -0.05) is 24.8 Å². The summed E-state index contributed by atoms with van der Waals surface area (Å²) in [6.45, 7) is 3.75. The molecule has 0 aliphatic carbocycles. The molecule has 1 heterocycles. The molecule has 0 amide bonds. The number of aromatic hydroxyl groups is 1. The van der Waals surface area contributed by atoms with E-state index in [1.165, 1.54) is 0 Å². The zero-order valence-corrected chi connectivity index (χ0v) is 9.63. The molecule has 3 nitrogen and oxygen atoms in total. The minimum absolute atomic E-state index is 0.224. The largest absolute Gasteiger partial charge is 0.508 e. The highest BCUT2D eigenvalue weighted by Gasteiger charge is 2.09. The maximum Gasteiger partial charge on any atom is 0.227 e. The first-order chi connectivity index (χ1) is 8.78. The van der Waals surface area contributed by atoms with Crippen LogP contribution in [0.4, 0.5) is 0 Å². The second kappa shape index (κ2) is 4.04. The molecular formula is C15H11NO2. The number of benzene rings is 2. The van der Waals surface area contributed by atoms with E-state index in [2.05, 4.69) is 11.6 Å². The van der Waals surface area contributed by atoms with Crippen LogP contribution in [0.15, 0.2) is 53.5 Å². The fraction of sp³-hybridized carbons (Fsp3) is 0. The molecule has 0 unspecified atom stereocenters. The van der Waals surface area contributed by atoms with E-state index in [0.717, 1.165) is 22.2 Å². The summed E-state index contributed by atoms with van der Waals surface area (Å²) in [5.74, 6) is 0.765. The van der Waals surface area contributed by atoms with Crippen LogP contribution in [0.5, 0.6) is 5.75 Å². The Kier molecular flexibility index (Phi) is 2.38. The number of rotatable bonds is 2. The van der Waals surface area contributed by atoms with E-state index < -0.39 is 0 Å². The second-order valence-corrected chi connectivity index (χ2v) is 3.97. The molecule has 0 spiro atoms. The van der Waals surface area contributed by atoms with Gasteiger partial charge >= 0.3 is 0 Å². The van der Waals surface area contributed by atoms with Crippen LogP contribution < -0.4 is 0 Å². The van der Waals surface area contributed by atoms with Gasteiger partial charge in [-0.2, -0.15) is 0 Å². The number of oxazole rings is 1. The van der Waals surface area contributed by atoms with Crippen molar-refractivity contribution >= 4 is 17.2 Å². The molecule has 0 bridgehead atoms. The van der Waals surface area contributed by atoms with Crippen LogP contribution in [0.1, 0.15) is 5.56 Å². The molecule has 3 rings (SSSR count). The maximum absolute atomic E-state index is 9.26. The van der Waals surface area contributed by atoms with E-state index in [9.17, 15) is 5.11 Å². The van der Waals surface area contributed by atoms with E-state index in [1.807, 2.05) is 18.2 Å². The van der Waals surface area contributed by atoms with E-state index in [0.29, 0.717) is 5.89 Å². The van der Waals surface area contributed by atoms with Gasteiger partial charge in [0.05, 0.1) is 0 Å². The molecular weight excluding hydrogens is 226 g/mol. The maximum atomic E-state index is 9.26. The van der Waals surface area contributed by atoms with Gasteiger partial charge in [0.25, 0.3) is 0 Å². The summed E-state index contributed by atoms with van der Waals surface area (Å²) >= 11 is 0. The summed E-state index contributed by atoms with van der Waals surface area (Å²) in [4.78, 5) is 4.43. The van der Waals surface area contributed by atoms with Crippen LogP contribution in [-0.2, 0) is 0 Å². The summed E-state index contributed by atoms with van der Waals surface area (Å²) in [6.07, 6.45) is 1.74. The highest BCUT2D eigenvalue weighted by Crippen LogP contribution is 2.27. The van der Waals surface area contributed by atoms with E-state index in [4.69, 9.17) is 4.42 Å². The molecule has 88 valence electrons. The van der Waals surface area contributed by atoms with Gasteiger partial charge in [0.2, 0.25) is 5.89 Å². The molecule has 3 aromatic rings. The first-order valence-corrected chi connectivity index (χ1v) is 5.59. The van der Waals surface area contributed by atoms with Crippen molar-refractivity contribution in [3.63, 3.8) is 0 Å². The minimum atomic E-state index is 0.224. The Morgan fingerprint density at radius 2 is 1.89 bits per heavy atom. The smallest absolute Gasteiger partial charge is 0.227 e. The molecule has 1 aromatic heterocycles. The van der Waals surface area contributed by atoms with E-state index in [-0.39, 0.29) is 5.75 Å². The normalized spacial score (nSPS) is 10.7. The predicted octanol–water partition coefficient (Wildman–Crippen LogP) is 3.84. The summed E-state index contributed by atoms with van der Waals surface area (Å²) in [6, 6.07) is 12.5. The van der Waals surface area contributed by atoms with Gasteiger partial charge in [-0.05, 0) is 30.3 Å². The van der Waals surface area contributed by atoms with Crippen LogP contribution >= 0.6 is 0 Å². The molecule has 2 aromatic carbocycles. The van der Waals surface area contributed by atoms with Crippen molar-refractivity contribution in [3.8, 4) is 17.2 Å². The number of nitrogens with zero attached hydrogens (tertiary/aromatic N) is 1. The quantitative estimate of drug-likeness (QED) is 0.736. The lowest BCUT2D eigenvalue weighted by molar-refractivity contribution is 0.475. The third-order valence-corrected chi connectivity index (χ3v) is 2.78. The molecule has 3 heteroatoms. The van der Waals surface area contributed by atoms with Gasteiger partial charge in [0, 0.05) is 11.1 Å². The Labute approximate surface area is 104 Å². The number of phenols is 1. The average Bonchev–Trinajstić information content (AvgIpc) is 2.83.